The Labute approximate surface area is 128 Å². The van der Waals surface area contributed by atoms with E-state index < -0.39 is 31.3 Å². The number of hydrogen-bond acceptors (Lipinski definition) is 6. The summed E-state index contributed by atoms with van der Waals surface area (Å²) < 4.78 is 22.1. The van der Waals surface area contributed by atoms with Crippen LogP contribution in [0.1, 0.15) is 12.7 Å². The van der Waals surface area contributed by atoms with E-state index in [1.165, 1.54) is 24.3 Å². The predicted octanol–water partition coefficient (Wildman–Crippen LogP) is 0.998. The van der Waals surface area contributed by atoms with Crippen LogP contribution >= 0.6 is 7.37 Å². The number of carboxylic acids is 1. The highest BCUT2D eigenvalue weighted by Gasteiger charge is 2.38. The number of carboxylic acid groups (broad SMARTS) is 1. The second-order valence-electron chi connectivity index (χ2n) is 4.85. The van der Waals surface area contributed by atoms with Gasteiger partial charge in [0, 0.05) is 6.42 Å². The smallest absolute Gasteiger partial charge is 0.320 e. The van der Waals surface area contributed by atoms with Crippen molar-refractivity contribution in [1.29, 1.82) is 0 Å². The summed E-state index contributed by atoms with van der Waals surface area (Å²) >= 11 is 0. The lowest BCUT2D eigenvalue weighted by molar-refractivity contribution is -0.143. The van der Waals surface area contributed by atoms with Crippen LogP contribution in [0.3, 0.4) is 0 Å². The molecule has 0 saturated heterocycles. The van der Waals surface area contributed by atoms with Gasteiger partial charge in [0.2, 0.25) is 7.37 Å². The van der Waals surface area contributed by atoms with Crippen molar-refractivity contribution in [3.8, 4) is 0 Å². The second-order valence-corrected chi connectivity index (χ2v) is 7.27. The maximum atomic E-state index is 12.4. The first kappa shape index (κ1) is 18.4. The van der Waals surface area contributed by atoms with E-state index in [0.29, 0.717) is 5.76 Å². The van der Waals surface area contributed by atoms with Crippen LogP contribution in [-0.2, 0) is 25.3 Å². The molecule has 0 bridgehead atoms. The highest BCUT2D eigenvalue weighted by atomic mass is 31.2. The predicted molar refractivity (Wildman–Crippen MR) is 77.8 cm³/mol. The summed E-state index contributed by atoms with van der Waals surface area (Å²) in [5.41, 5.74) is -1.50. The van der Waals surface area contributed by atoms with Crippen LogP contribution < -0.4 is 0 Å². The maximum absolute atomic E-state index is 12.4. The van der Waals surface area contributed by atoms with Crippen molar-refractivity contribution in [3.63, 3.8) is 0 Å². The van der Waals surface area contributed by atoms with Crippen molar-refractivity contribution in [2.45, 2.75) is 19.0 Å². The van der Waals surface area contributed by atoms with Crippen molar-refractivity contribution >= 4 is 19.3 Å². The number of nitrogens with zero attached hydrogens (tertiary/aromatic N) is 1. The van der Waals surface area contributed by atoms with Gasteiger partial charge >= 0.3 is 11.9 Å². The number of esters is 1. The number of hydrogen-bond donors (Lipinski definition) is 2. The van der Waals surface area contributed by atoms with Crippen molar-refractivity contribution in [2.24, 2.45) is 0 Å². The summed E-state index contributed by atoms with van der Waals surface area (Å²) in [6.07, 6.45) is 0.746. The van der Waals surface area contributed by atoms with Crippen LogP contribution in [-0.4, -0.2) is 59.0 Å². The van der Waals surface area contributed by atoms with Crippen LogP contribution in [0.5, 0.6) is 0 Å². The SMILES string of the molecule is CCOC(=O)CN(C)CP(=O)(O)C(Cc1ccco1)C(=O)O. The molecule has 1 aromatic rings. The highest BCUT2D eigenvalue weighted by Crippen LogP contribution is 2.48. The van der Waals surface area contributed by atoms with E-state index in [1.54, 1.807) is 13.0 Å². The van der Waals surface area contributed by atoms with E-state index in [1.807, 2.05) is 0 Å². The van der Waals surface area contributed by atoms with Gasteiger partial charge in [0.1, 0.15) is 11.4 Å². The molecule has 0 aromatic carbocycles. The maximum Gasteiger partial charge on any atom is 0.320 e. The van der Waals surface area contributed by atoms with Crippen LogP contribution in [0.25, 0.3) is 0 Å². The molecule has 0 radical (unpaired) electrons. The Morgan fingerprint density at radius 2 is 2.18 bits per heavy atom. The Bertz CT molecular complexity index is 543. The molecule has 0 fully saturated rings. The van der Waals surface area contributed by atoms with Gasteiger partial charge in [-0.2, -0.15) is 0 Å². The molecule has 9 heteroatoms. The monoisotopic (exact) mass is 333 g/mol. The summed E-state index contributed by atoms with van der Waals surface area (Å²) in [7, 11) is -2.62. The Kier molecular flexibility index (Phi) is 6.80. The third-order valence-electron chi connectivity index (χ3n) is 2.90. The fraction of sp³-hybridized carbons (Fsp3) is 0.538. The number of aliphatic carboxylic acids is 1. The molecule has 124 valence electrons. The van der Waals surface area contributed by atoms with Crippen molar-refractivity contribution in [1.82, 2.24) is 4.90 Å². The topological polar surface area (TPSA) is 117 Å². The average Bonchev–Trinajstić information content (AvgIpc) is 2.87. The van der Waals surface area contributed by atoms with Crippen molar-refractivity contribution < 1.29 is 33.3 Å². The first-order valence-corrected chi connectivity index (χ1v) is 8.58. The van der Waals surface area contributed by atoms with Crippen molar-refractivity contribution in [3.05, 3.63) is 24.2 Å². The Morgan fingerprint density at radius 3 is 2.68 bits per heavy atom. The molecule has 0 amide bonds. The van der Waals surface area contributed by atoms with Gasteiger partial charge in [0.05, 0.1) is 25.7 Å². The fourth-order valence-electron chi connectivity index (χ4n) is 1.94. The molecule has 1 heterocycles. The van der Waals surface area contributed by atoms with E-state index in [-0.39, 0.29) is 19.6 Å². The molecule has 0 aliphatic rings. The number of rotatable bonds is 9. The summed E-state index contributed by atoms with van der Waals surface area (Å²) in [6.45, 7) is 1.67. The average molecular weight is 333 g/mol. The third kappa shape index (κ3) is 5.63. The van der Waals surface area contributed by atoms with Crippen LogP contribution in [0.15, 0.2) is 22.8 Å². The molecule has 2 unspecified atom stereocenters. The minimum atomic E-state index is -4.07. The standard InChI is InChI=1S/C13H20NO7P/c1-3-20-12(15)8-14(2)9-22(18,19)11(13(16)17)7-10-5-4-6-21-10/h4-6,11H,3,7-9H2,1-2H3,(H,16,17)(H,18,19). The molecule has 0 saturated carbocycles. The van der Waals surface area contributed by atoms with Crippen LogP contribution in [0.2, 0.25) is 0 Å². The lowest BCUT2D eigenvalue weighted by Gasteiger charge is -2.23. The molecule has 8 nitrogen and oxygen atoms in total. The van der Waals surface area contributed by atoms with Crippen molar-refractivity contribution in [2.75, 3.05) is 26.5 Å². The molecule has 1 aromatic heterocycles. The summed E-state index contributed by atoms with van der Waals surface area (Å²) in [4.78, 5) is 34.0. The van der Waals surface area contributed by atoms with Gasteiger partial charge in [-0.1, -0.05) is 0 Å². The number of carbonyl (C=O) groups excluding carboxylic acids is 1. The highest BCUT2D eigenvalue weighted by molar-refractivity contribution is 7.59. The fourth-order valence-corrected chi connectivity index (χ4v) is 3.74. The lowest BCUT2D eigenvalue weighted by atomic mass is 10.2. The van der Waals surface area contributed by atoms with E-state index >= 15 is 0 Å². The molecular weight excluding hydrogens is 313 g/mol. The van der Waals surface area contributed by atoms with Crippen LogP contribution in [0.4, 0.5) is 0 Å². The van der Waals surface area contributed by atoms with Gasteiger partial charge in [-0.15, -0.1) is 0 Å². The molecule has 2 atom stereocenters. The molecule has 0 aliphatic heterocycles. The van der Waals surface area contributed by atoms with E-state index in [2.05, 4.69) is 0 Å². The van der Waals surface area contributed by atoms with Gasteiger partial charge in [0.25, 0.3) is 0 Å². The molecule has 1 rings (SSSR count). The minimum absolute atomic E-state index is 0.189. The molecule has 22 heavy (non-hydrogen) atoms. The van der Waals surface area contributed by atoms with Gasteiger partial charge < -0.3 is 19.2 Å². The summed E-state index contributed by atoms with van der Waals surface area (Å²) in [5.74, 6) is -1.61. The molecular formula is C13H20NO7P. The van der Waals surface area contributed by atoms with Gasteiger partial charge in [-0.05, 0) is 26.1 Å². The molecule has 2 N–H and O–H groups in total. The Balaban J connectivity index is 2.73. The lowest BCUT2D eigenvalue weighted by Crippen LogP contribution is -2.33. The zero-order valence-electron chi connectivity index (χ0n) is 12.5. The number of likely N-dealkylation sites (N-methyl/N-ethyl adjacent to an activating group) is 1. The van der Waals surface area contributed by atoms with Gasteiger partial charge in [-0.3, -0.25) is 19.1 Å². The number of furan rings is 1. The number of ether oxygens (including phenoxy) is 1. The first-order valence-electron chi connectivity index (χ1n) is 6.67. The van der Waals surface area contributed by atoms with Crippen LogP contribution in [0, 0.1) is 0 Å². The first-order chi connectivity index (χ1) is 10.3. The normalized spacial score (nSPS) is 15.3. The minimum Gasteiger partial charge on any atom is -0.481 e. The number of carbonyl (C=O) groups is 2. The van der Waals surface area contributed by atoms with Gasteiger partial charge in [-0.25, -0.2) is 0 Å². The third-order valence-corrected chi connectivity index (χ3v) is 5.16. The molecule has 0 aliphatic carbocycles. The Morgan fingerprint density at radius 1 is 1.50 bits per heavy atom. The summed E-state index contributed by atoms with van der Waals surface area (Å²) in [5, 5.41) is 9.20. The Hall–Kier alpha value is -1.63. The zero-order valence-corrected chi connectivity index (χ0v) is 13.4. The zero-order chi connectivity index (χ0) is 16.8. The second kappa shape index (κ2) is 8.12. The van der Waals surface area contributed by atoms with Gasteiger partial charge in [0.15, 0.2) is 0 Å². The largest absolute Gasteiger partial charge is 0.481 e. The van der Waals surface area contributed by atoms with E-state index in [9.17, 15) is 24.2 Å². The summed E-state index contributed by atoms with van der Waals surface area (Å²) in [6, 6.07) is 3.11. The molecule has 0 spiro atoms. The van der Waals surface area contributed by atoms with E-state index in [4.69, 9.17) is 9.15 Å². The van der Waals surface area contributed by atoms with E-state index in [0.717, 1.165) is 0 Å². The quantitative estimate of drug-likeness (QED) is 0.508.